The number of pyridine rings is 2. The average molecular weight is 596 g/mol. The zero-order valence-electron chi connectivity index (χ0n) is 24.1. The normalized spacial score (nSPS) is 12.7. The lowest BCUT2D eigenvalue weighted by molar-refractivity contribution is 0.431. The van der Waals surface area contributed by atoms with E-state index in [4.69, 9.17) is 24.4 Å². The molecule has 0 radical (unpaired) electrons. The van der Waals surface area contributed by atoms with Gasteiger partial charge < -0.3 is 9.47 Å². The molecular formula is C37H21N7O2. The van der Waals surface area contributed by atoms with Crippen molar-refractivity contribution in [1.82, 2.24) is 29.5 Å². The second-order valence-electron chi connectivity index (χ2n) is 11.0. The van der Waals surface area contributed by atoms with Crippen LogP contribution in [0.3, 0.4) is 0 Å². The van der Waals surface area contributed by atoms with E-state index in [-0.39, 0.29) is 0 Å². The Hall–Kier alpha value is -6.61. The monoisotopic (exact) mass is 595 g/mol. The number of hydrogen-bond donors (Lipinski definition) is 0. The molecule has 0 fully saturated rings. The fourth-order valence-electron chi connectivity index (χ4n) is 6.39. The Morgan fingerprint density at radius 3 is 1.83 bits per heavy atom. The number of hydrogen-bond acceptors (Lipinski definition) is 8. The summed E-state index contributed by atoms with van der Waals surface area (Å²) in [6, 6.07) is 37.9. The van der Waals surface area contributed by atoms with E-state index in [2.05, 4.69) is 31.6 Å². The van der Waals surface area contributed by atoms with Crippen LogP contribution in [0, 0.1) is 0 Å². The SMILES string of the molecule is c1ccc(-c2nc(-c3ccccc3)nc(-n3c4ccccc4c4c5c6c(cc43)Oc3ncccc3N6c3cccnc3O5)n2)cc1. The lowest BCUT2D eigenvalue weighted by Crippen LogP contribution is -2.21. The molecule has 9 nitrogen and oxygen atoms in total. The lowest BCUT2D eigenvalue weighted by atomic mass is 10.1. The van der Waals surface area contributed by atoms with Crippen LogP contribution in [0.2, 0.25) is 0 Å². The van der Waals surface area contributed by atoms with Gasteiger partial charge in [0.05, 0.1) is 16.4 Å². The second kappa shape index (κ2) is 9.44. The molecule has 0 N–H and O–H groups in total. The molecule has 0 amide bonds. The molecule has 0 bridgehead atoms. The summed E-state index contributed by atoms with van der Waals surface area (Å²) in [7, 11) is 0. The first-order valence-corrected chi connectivity index (χ1v) is 14.9. The summed E-state index contributed by atoms with van der Waals surface area (Å²) in [5, 5.41) is 1.88. The Morgan fingerprint density at radius 2 is 1.15 bits per heavy atom. The van der Waals surface area contributed by atoms with Crippen LogP contribution in [0.4, 0.5) is 17.1 Å². The van der Waals surface area contributed by atoms with Crippen molar-refractivity contribution in [1.29, 1.82) is 0 Å². The van der Waals surface area contributed by atoms with Crippen molar-refractivity contribution in [2.45, 2.75) is 0 Å². The Labute approximate surface area is 262 Å². The van der Waals surface area contributed by atoms with E-state index in [9.17, 15) is 0 Å². The van der Waals surface area contributed by atoms with Crippen molar-refractivity contribution in [2.75, 3.05) is 4.90 Å². The molecule has 0 aliphatic carbocycles. The summed E-state index contributed by atoms with van der Waals surface area (Å²) in [4.78, 5) is 26.4. The predicted octanol–water partition coefficient (Wildman–Crippen LogP) is 8.77. The van der Waals surface area contributed by atoms with Crippen LogP contribution < -0.4 is 14.4 Å². The Balaban J connectivity index is 1.31. The largest absolute Gasteiger partial charge is 0.435 e. The molecule has 4 aromatic carbocycles. The van der Waals surface area contributed by atoms with Gasteiger partial charge in [-0.05, 0) is 30.3 Å². The number of fused-ring (bicyclic) bond motifs is 8. The molecule has 0 atom stereocenters. The molecule has 6 heterocycles. The van der Waals surface area contributed by atoms with Crippen LogP contribution in [0.5, 0.6) is 23.3 Å². The van der Waals surface area contributed by atoms with Gasteiger partial charge in [0.25, 0.3) is 0 Å². The van der Waals surface area contributed by atoms with Crippen molar-refractivity contribution < 1.29 is 9.47 Å². The maximum atomic E-state index is 6.68. The Kier molecular flexibility index (Phi) is 5.09. The van der Waals surface area contributed by atoms with Gasteiger partial charge in [0.2, 0.25) is 17.7 Å². The number of para-hydroxylation sites is 1. The van der Waals surface area contributed by atoms with Crippen molar-refractivity contribution in [2.24, 2.45) is 0 Å². The van der Waals surface area contributed by atoms with Crippen LogP contribution in [0.1, 0.15) is 0 Å². The smallest absolute Gasteiger partial charge is 0.243 e. The Bertz CT molecular complexity index is 2430. The number of benzene rings is 4. The van der Waals surface area contributed by atoms with E-state index < -0.39 is 0 Å². The molecule has 216 valence electrons. The van der Waals surface area contributed by atoms with Crippen LogP contribution in [-0.4, -0.2) is 29.5 Å². The molecule has 0 saturated carbocycles. The molecule has 10 rings (SSSR count). The number of ether oxygens (including phenoxy) is 2. The molecule has 8 aromatic rings. The zero-order chi connectivity index (χ0) is 30.2. The topological polar surface area (TPSA) is 91.1 Å². The van der Waals surface area contributed by atoms with Crippen LogP contribution in [-0.2, 0) is 0 Å². The van der Waals surface area contributed by atoms with Gasteiger partial charge in [-0.15, -0.1) is 0 Å². The molecule has 4 aromatic heterocycles. The molecule has 0 spiro atoms. The quantitative estimate of drug-likeness (QED) is 0.200. The van der Waals surface area contributed by atoms with Crippen molar-refractivity contribution >= 4 is 38.9 Å². The standard InChI is InChI=1S/C37H21N7O2/c1-3-11-22(12-4-1)33-40-34(23-13-5-2-6-14-23)42-37(41-33)44-25-16-8-7-15-24(25)30-28(44)21-29-31-32(30)46-36-27(18-10-20-39-36)43(31)26-17-9-19-38-35(26)45-29/h1-21H. The van der Waals surface area contributed by atoms with Gasteiger partial charge in [0, 0.05) is 35.0 Å². The van der Waals surface area contributed by atoms with Crippen molar-refractivity contribution in [3.8, 4) is 52.0 Å². The molecular weight excluding hydrogens is 574 g/mol. The van der Waals surface area contributed by atoms with E-state index in [0.717, 1.165) is 50.0 Å². The van der Waals surface area contributed by atoms with Crippen LogP contribution >= 0.6 is 0 Å². The third kappa shape index (κ3) is 3.53. The minimum atomic E-state index is 0.478. The second-order valence-corrected chi connectivity index (χ2v) is 11.0. The maximum absolute atomic E-state index is 6.68. The third-order valence-corrected chi connectivity index (χ3v) is 8.36. The van der Waals surface area contributed by atoms with Crippen molar-refractivity contribution in [3.05, 3.63) is 128 Å². The van der Waals surface area contributed by atoms with Gasteiger partial charge in [0.15, 0.2) is 23.1 Å². The molecule has 0 unspecified atom stereocenters. The lowest BCUT2D eigenvalue weighted by Gasteiger charge is -2.36. The van der Waals surface area contributed by atoms with E-state index in [0.29, 0.717) is 40.9 Å². The summed E-state index contributed by atoms with van der Waals surface area (Å²) in [6.07, 6.45) is 3.46. The summed E-state index contributed by atoms with van der Waals surface area (Å²) < 4.78 is 15.2. The highest BCUT2D eigenvalue weighted by molar-refractivity contribution is 6.16. The van der Waals surface area contributed by atoms with Crippen LogP contribution in [0.15, 0.2) is 128 Å². The van der Waals surface area contributed by atoms with Gasteiger partial charge in [-0.3, -0.25) is 9.47 Å². The number of aromatic nitrogens is 6. The number of rotatable bonds is 3. The molecule has 46 heavy (non-hydrogen) atoms. The first kappa shape index (κ1) is 24.8. The zero-order valence-corrected chi connectivity index (χ0v) is 24.1. The summed E-state index contributed by atoms with van der Waals surface area (Å²) >= 11 is 0. The van der Waals surface area contributed by atoms with Gasteiger partial charge in [-0.2, -0.15) is 9.97 Å². The van der Waals surface area contributed by atoms with Crippen LogP contribution in [0.25, 0.3) is 50.5 Å². The fourth-order valence-corrected chi connectivity index (χ4v) is 6.39. The number of anilines is 3. The average Bonchev–Trinajstić information content (AvgIpc) is 3.46. The molecule has 0 saturated heterocycles. The highest BCUT2D eigenvalue weighted by atomic mass is 16.5. The predicted molar refractivity (Wildman–Crippen MR) is 175 cm³/mol. The van der Waals surface area contributed by atoms with Gasteiger partial charge in [0.1, 0.15) is 17.1 Å². The summed E-state index contributed by atoms with van der Waals surface area (Å²) in [5.41, 5.74) is 5.94. The minimum Gasteiger partial charge on any atom is -0.435 e. The third-order valence-electron chi connectivity index (χ3n) is 8.36. The number of nitrogens with zero attached hydrogens (tertiary/aromatic N) is 7. The van der Waals surface area contributed by atoms with Gasteiger partial charge in [-0.25, -0.2) is 15.0 Å². The molecule has 9 heteroatoms. The van der Waals surface area contributed by atoms with E-state index >= 15 is 0 Å². The van der Waals surface area contributed by atoms with E-state index in [1.165, 1.54) is 0 Å². The Morgan fingerprint density at radius 1 is 0.543 bits per heavy atom. The molecule has 2 aliphatic rings. The highest BCUT2D eigenvalue weighted by Crippen LogP contribution is 2.61. The summed E-state index contributed by atoms with van der Waals surface area (Å²) in [5.74, 6) is 3.87. The van der Waals surface area contributed by atoms with Gasteiger partial charge in [-0.1, -0.05) is 78.9 Å². The first-order valence-electron chi connectivity index (χ1n) is 14.9. The first-order chi connectivity index (χ1) is 22.8. The van der Waals surface area contributed by atoms with Gasteiger partial charge >= 0.3 is 0 Å². The van der Waals surface area contributed by atoms with E-state index in [1.807, 2.05) is 103 Å². The molecule has 2 aliphatic heterocycles. The van der Waals surface area contributed by atoms with E-state index in [1.54, 1.807) is 12.4 Å². The fraction of sp³-hybridized carbons (Fsp3) is 0. The highest BCUT2D eigenvalue weighted by Gasteiger charge is 2.38. The maximum Gasteiger partial charge on any atom is 0.243 e. The summed E-state index contributed by atoms with van der Waals surface area (Å²) in [6.45, 7) is 0. The van der Waals surface area contributed by atoms with Crippen molar-refractivity contribution in [3.63, 3.8) is 0 Å². The minimum absolute atomic E-state index is 0.478.